The first kappa shape index (κ1) is 13.3. The third kappa shape index (κ3) is 2.73. The van der Waals surface area contributed by atoms with Gasteiger partial charge in [0.1, 0.15) is 5.82 Å². The molecule has 106 valence electrons. The van der Waals surface area contributed by atoms with Crippen LogP contribution in [0.4, 0.5) is 0 Å². The summed E-state index contributed by atoms with van der Waals surface area (Å²) in [5, 5.41) is 10.2. The summed E-state index contributed by atoms with van der Waals surface area (Å²) in [5.41, 5.74) is 1.17. The smallest absolute Gasteiger partial charge is 0.122 e. The number of aromatic nitrogens is 3. The number of pyridine rings is 1. The Morgan fingerprint density at radius 1 is 1.40 bits per heavy atom. The van der Waals surface area contributed by atoms with E-state index >= 15 is 0 Å². The molecule has 1 aliphatic heterocycles. The monoisotopic (exact) mass is 272 g/mol. The Kier molecular flexibility index (Phi) is 3.80. The van der Waals surface area contributed by atoms with Crippen LogP contribution in [-0.2, 0) is 20.0 Å². The predicted molar refractivity (Wildman–Crippen MR) is 76.0 cm³/mol. The van der Waals surface area contributed by atoms with Gasteiger partial charge in [0.2, 0.25) is 0 Å². The maximum Gasteiger partial charge on any atom is 0.122 e. The van der Waals surface area contributed by atoms with Gasteiger partial charge in [-0.05, 0) is 24.5 Å². The molecular formula is C15H20N4O. The molecule has 2 aromatic heterocycles. The lowest BCUT2D eigenvalue weighted by Crippen LogP contribution is -2.37. The molecule has 1 N–H and O–H groups in total. The van der Waals surface area contributed by atoms with Crippen LogP contribution in [0.2, 0.25) is 0 Å². The summed E-state index contributed by atoms with van der Waals surface area (Å²) < 4.78 is 2.03. The van der Waals surface area contributed by atoms with Crippen molar-refractivity contribution in [3.05, 3.63) is 48.3 Å². The molecule has 3 rings (SSSR count). The Bertz CT molecular complexity index is 554. The maximum atomic E-state index is 10.2. The zero-order valence-corrected chi connectivity index (χ0v) is 11.7. The Morgan fingerprint density at radius 3 is 3.00 bits per heavy atom. The van der Waals surface area contributed by atoms with Crippen LogP contribution >= 0.6 is 0 Å². The summed E-state index contributed by atoms with van der Waals surface area (Å²) >= 11 is 0. The van der Waals surface area contributed by atoms with E-state index in [4.69, 9.17) is 0 Å². The van der Waals surface area contributed by atoms with E-state index in [1.165, 1.54) is 5.56 Å². The molecule has 1 aliphatic rings. The molecular weight excluding hydrogens is 252 g/mol. The van der Waals surface area contributed by atoms with Gasteiger partial charge >= 0.3 is 0 Å². The van der Waals surface area contributed by atoms with Crippen LogP contribution in [0.5, 0.6) is 0 Å². The van der Waals surface area contributed by atoms with Crippen molar-refractivity contribution in [3.8, 4) is 0 Å². The Balaban J connectivity index is 1.72. The van der Waals surface area contributed by atoms with Crippen LogP contribution in [0.25, 0.3) is 0 Å². The van der Waals surface area contributed by atoms with E-state index in [2.05, 4.69) is 20.9 Å². The van der Waals surface area contributed by atoms with Crippen LogP contribution < -0.4 is 0 Å². The average Bonchev–Trinajstić information content (AvgIpc) is 3.01. The van der Waals surface area contributed by atoms with Gasteiger partial charge in [-0.1, -0.05) is 6.07 Å². The number of hydrogen-bond donors (Lipinski definition) is 1. The van der Waals surface area contributed by atoms with Crippen molar-refractivity contribution in [2.45, 2.75) is 31.5 Å². The van der Waals surface area contributed by atoms with Gasteiger partial charge in [-0.15, -0.1) is 0 Å². The molecule has 0 aromatic carbocycles. The van der Waals surface area contributed by atoms with Crippen molar-refractivity contribution in [1.29, 1.82) is 0 Å². The summed E-state index contributed by atoms with van der Waals surface area (Å²) in [7, 11) is 2.00. The fourth-order valence-corrected chi connectivity index (χ4v) is 2.85. The van der Waals surface area contributed by atoms with Crippen LogP contribution in [0, 0.1) is 0 Å². The van der Waals surface area contributed by atoms with Crippen molar-refractivity contribution in [2.75, 3.05) is 6.54 Å². The van der Waals surface area contributed by atoms with Crippen LogP contribution in [0.3, 0.4) is 0 Å². The molecule has 1 fully saturated rings. The van der Waals surface area contributed by atoms with E-state index in [1.807, 2.05) is 36.3 Å². The Hall–Kier alpha value is -1.72. The molecule has 20 heavy (non-hydrogen) atoms. The van der Waals surface area contributed by atoms with Gasteiger partial charge in [0.05, 0.1) is 12.6 Å². The first-order chi connectivity index (χ1) is 9.74. The molecule has 2 atom stereocenters. The topological polar surface area (TPSA) is 54.2 Å². The highest BCUT2D eigenvalue weighted by Gasteiger charge is 2.33. The Labute approximate surface area is 118 Å². The normalized spacial score (nSPS) is 23.3. The number of aryl methyl sites for hydroxylation is 1. The molecule has 0 bridgehead atoms. The van der Waals surface area contributed by atoms with Crippen LogP contribution in [0.1, 0.15) is 17.8 Å². The van der Waals surface area contributed by atoms with Crippen LogP contribution in [-0.4, -0.2) is 43.2 Å². The van der Waals surface area contributed by atoms with Gasteiger partial charge in [0.25, 0.3) is 0 Å². The van der Waals surface area contributed by atoms with Gasteiger partial charge < -0.3 is 9.67 Å². The van der Waals surface area contributed by atoms with E-state index in [-0.39, 0.29) is 12.1 Å². The minimum atomic E-state index is -0.268. The predicted octanol–water partition coefficient (Wildman–Crippen LogP) is 0.993. The van der Waals surface area contributed by atoms with E-state index in [0.717, 1.165) is 31.8 Å². The van der Waals surface area contributed by atoms with E-state index in [1.54, 1.807) is 6.20 Å². The van der Waals surface area contributed by atoms with E-state index in [0.29, 0.717) is 0 Å². The van der Waals surface area contributed by atoms with Crippen molar-refractivity contribution in [1.82, 2.24) is 19.4 Å². The molecule has 0 spiro atoms. The number of nitrogens with zero attached hydrogens (tertiary/aromatic N) is 4. The zero-order valence-electron chi connectivity index (χ0n) is 11.7. The largest absolute Gasteiger partial charge is 0.391 e. The summed E-state index contributed by atoms with van der Waals surface area (Å²) in [4.78, 5) is 10.8. The average molecular weight is 272 g/mol. The fourth-order valence-electron chi connectivity index (χ4n) is 2.85. The summed E-state index contributed by atoms with van der Waals surface area (Å²) in [5.74, 6) is 1.04. The Morgan fingerprint density at radius 2 is 2.30 bits per heavy atom. The van der Waals surface area contributed by atoms with Gasteiger partial charge in [-0.2, -0.15) is 0 Å². The third-order valence-electron chi connectivity index (χ3n) is 4.06. The molecule has 1 saturated heterocycles. The van der Waals surface area contributed by atoms with E-state index in [9.17, 15) is 5.11 Å². The minimum absolute atomic E-state index is 0.149. The quantitative estimate of drug-likeness (QED) is 0.902. The lowest BCUT2D eigenvalue weighted by molar-refractivity contribution is 0.110. The number of imidazole rings is 1. The second-order valence-electron chi connectivity index (χ2n) is 5.41. The van der Waals surface area contributed by atoms with Gasteiger partial charge in [0, 0.05) is 44.4 Å². The molecule has 0 saturated carbocycles. The summed E-state index contributed by atoms with van der Waals surface area (Å²) in [6.45, 7) is 1.70. The minimum Gasteiger partial charge on any atom is -0.391 e. The molecule has 0 amide bonds. The van der Waals surface area contributed by atoms with Gasteiger partial charge in [0.15, 0.2) is 0 Å². The third-order valence-corrected chi connectivity index (χ3v) is 4.06. The second kappa shape index (κ2) is 5.73. The fraction of sp³-hybridized carbons (Fsp3) is 0.467. The number of rotatable bonds is 4. The van der Waals surface area contributed by atoms with Gasteiger partial charge in [-0.25, -0.2) is 4.98 Å². The highest BCUT2D eigenvalue weighted by atomic mass is 16.3. The number of aliphatic hydroxyl groups excluding tert-OH is 1. The molecule has 0 radical (unpaired) electrons. The first-order valence-electron chi connectivity index (χ1n) is 7.01. The SMILES string of the molecule is Cn1ccnc1CN1CC[C@@H](O)[C@@H]1Cc1cccnc1. The van der Waals surface area contributed by atoms with E-state index < -0.39 is 0 Å². The molecule has 0 aliphatic carbocycles. The lowest BCUT2D eigenvalue weighted by Gasteiger charge is -2.25. The standard InChI is InChI=1S/C15H20N4O/c1-18-8-6-17-15(18)11-19-7-4-14(20)13(19)9-12-3-2-5-16-10-12/h2-3,5-6,8,10,13-14,20H,4,7,9,11H2,1H3/t13-,14+/m0/s1. The van der Waals surface area contributed by atoms with Gasteiger partial charge in [-0.3, -0.25) is 9.88 Å². The number of aliphatic hydroxyl groups is 1. The van der Waals surface area contributed by atoms with Crippen LogP contribution in [0.15, 0.2) is 36.9 Å². The summed E-state index contributed by atoms with van der Waals surface area (Å²) in [6.07, 6.45) is 8.82. The maximum absolute atomic E-state index is 10.2. The van der Waals surface area contributed by atoms with Crippen molar-refractivity contribution in [3.63, 3.8) is 0 Å². The first-order valence-corrected chi connectivity index (χ1v) is 7.01. The van der Waals surface area contributed by atoms with Crippen molar-refractivity contribution < 1.29 is 5.11 Å². The summed E-state index contributed by atoms with van der Waals surface area (Å²) in [6, 6.07) is 4.16. The lowest BCUT2D eigenvalue weighted by atomic mass is 10.0. The molecule has 5 nitrogen and oxygen atoms in total. The second-order valence-corrected chi connectivity index (χ2v) is 5.41. The molecule has 0 unspecified atom stereocenters. The highest BCUT2D eigenvalue weighted by molar-refractivity contribution is 5.12. The number of likely N-dealkylation sites (tertiary alicyclic amines) is 1. The molecule has 5 heteroatoms. The molecule has 3 heterocycles. The van der Waals surface area contributed by atoms with Crippen molar-refractivity contribution in [2.24, 2.45) is 7.05 Å². The highest BCUT2D eigenvalue weighted by Crippen LogP contribution is 2.23. The zero-order chi connectivity index (χ0) is 13.9. The van der Waals surface area contributed by atoms with Crippen molar-refractivity contribution >= 4 is 0 Å². The number of hydrogen-bond acceptors (Lipinski definition) is 4. The molecule has 2 aromatic rings.